The summed E-state index contributed by atoms with van der Waals surface area (Å²) in [6.45, 7) is 5.00. The number of rotatable bonds is 8. The van der Waals surface area contributed by atoms with Crippen molar-refractivity contribution in [3.8, 4) is 11.6 Å². The molecule has 25 heavy (non-hydrogen) atoms. The quantitative estimate of drug-likeness (QED) is 0.791. The number of likely N-dealkylation sites (tertiary alicyclic amines) is 1. The molecule has 1 aliphatic heterocycles. The van der Waals surface area contributed by atoms with E-state index in [0.717, 1.165) is 13.1 Å². The minimum atomic E-state index is 0.0165. The highest BCUT2D eigenvalue weighted by Crippen LogP contribution is 2.18. The molecule has 3 rings (SSSR count). The highest BCUT2D eigenvalue weighted by molar-refractivity contribution is 5.76. The summed E-state index contributed by atoms with van der Waals surface area (Å²) in [5.74, 6) is 1.44. The van der Waals surface area contributed by atoms with Crippen molar-refractivity contribution in [2.75, 3.05) is 19.6 Å². The molecule has 0 spiro atoms. The van der Waals surface area contributed by atoms with Gasteiger partial charge in [-0.05, 0) is 37.9 Å². The van der Waals surface area contributed by atoms with E-state index in [1.165, 1.54) is 25.7 Å². The standard InChI is InChI=1S/C18H26N4O3/c1-2-14-6-3-4-11-22(14)12-10-19-16(23)8-9-17-20-18(21-25-17)15-7-5-13-24-15/h5,7,13-14H,2-4,6,8-12H2,1H3,(H,19,23)/t14-/m1/s1. The number of carbonyl (C=O) groups excluding carboxylic acids is 1. The second kappa shape index (κ2) is 8.80. The topological polar surface area (TPSA) is 84.4 Å². The molecule has 1 fully saturated rings. The Hall–Kier alpha value is -2.15. The highest BCUT2D eigenvalue weighted by atomic mass is 16.5. The fourth-order valence-corrected chi connectivity index (χ4v) is 3.33. The summed E-state index contributed by atoms with van der Waals surface area (Å²) in [4.78, 5) is 18.7. The Bertz CT molecular complexity index is 653. The predicted octanol–water partition coefficient (Wildman–Crippen LogP) is 2.64. The van der Waals surface area contributed by atoms with Crippen LogP contribution in [0.3, 0.4) is 0 Å². The zero-order valence-corrected chi connectivity index (χ0v) is 14.7. The fourth-order valence-electron chi connectivity index (χ4n) is 3.33. The Morgan fingerprint density at radius 1 is 1.44 bits per heavy atom. The van der Waals surface area contributed by atoms with Gasteiger partial charge in [0.05, 0.1) is 6.26 Å². The lowest BCUT2D eigenvalue weighted by Crippen LogP contribution is -2.43. The van der Waals surface area contributed by atoms with Gasteiger partial charge in [0.1, 0.15) is 0 Å². The molecule has 136 valence electrons. The van der Waals surface area contributed by atoms with Crippen LogP contribution in [0.2, 0.25) is 0 Å². The highest BCUT2D eigenvalue weighted by Gasteiger charge is 2.20. The number of furan rings is 1. The first-order valence-corrected chi connectivity index (χ1v) is 9.13. The summed E-state index contributed by atoms with van der Waals surface area (Å²) >= 11 is 0. The molecule has 0 aliphatic carbocycles. The van der Waals surface area contributed by atoms with Crippen LogP contribution in [-0.2, 0) is 11.2 Å². The Balaban J connectivity index is 1.37. The number of piperidine rings is 1. The number of nitrogens with zero attached hydrogens (tertiary/aromatic N) is 3. The summed E-state index contributed by atoms with van der Waals surface area (Å²) in [6, 6.07) is 4.21. The fraction of sp³-hybridized carbons (Fsp3) is 0.611. The second-order valence-corrected chi connectivity index (χ2v) is 6.43. The minimum absolute atomic E-state index is 0.0165. The van der Waals surface area contributed by atoms with Crippen molar-refractivity contribution in [3.63, 3.8) is 0 Å². The minimum Gasteiger partial charge on any atom is -0.461 e. The van der Waals surface area contributed by atoms with Crippen molar-refractivity contribution in [1.29, 1.82) is 0 Å². The third-order valence-corrected chi connectivity index (χ3v) is 4.72. The molecule has 7 nitrogen and oxygen atoms in total. The maximum absolute atomic E-state index is 12.0. The summed E-state index contributed by atoms with van der Waals surface area (Å²) in [7, 11) is 0. The summed E-state index contributed by atoms with van der Waals surface area (Å²) in [6.07, 6.45) is 7.38. The van der Waals surface area contributed by atoms with Crippen LogP contribution < -0.4 is 5.32 Å². The van der Waals surface area contributed by atoms with E-state index in [2.05, 4.69) is 27.3 Å². The maximum Gasteiger partial charge on any atom is 0.238 e. The van der Waals surface area contributed by atoms with E-state index < -0.39 is 0 Å². The zero-order valence-electron chi connectivity index (χ0n) is 14.7. The Morgan fingerprint density at radius 2 is 2.36 bits per heavy atom. The Morgan fingerprint density at radius 3 is 3.16 bits per heavy atom. The van der Waals surface area contributed by atoms with Gasteiger partial charge in [0.2, 0.25) is 17.6 Å². The zero-order chi connectivity index (χ0) is 17.5. The van der Waals surface area contributed by atoms with E-state index in [-0.39, 0.29) is 5.91 Å². The first kappa shape index (κ1) is 17.7. The number of amides is 1. The van der Waals surface area contributed by atoms with Crippen LogP contribution in [-0.4, -0.2) is 46.6 Å². The van der Waals surface area contributed by atoms with Crippen LogP contribution in [0.25, 0.3) is 11.6 Å². The normalized spacial score (nSPS) is 18.4. The monoisotopic (exact) mass is 346 g/mol. The first-order valence-electron chi connectivity index (χ1n) is 9.13. The molecule has 0 saturated carbocycles. The third-order valence-electron chi connectivity index (χ3n) is 4.72. The molecular weight excluding hydrogens is 320 g/mol. The van der Waals surface area contributed by atoms with Crippen LogP contribution in [0.1, 0.15) is 44.9 Å². The van der Waals surface area contributed by atoms with Gasteiger partial charge >= 0.3 is 0 Å². The van der Waals surface area contributed by atoms with Gasteiger partial charge in [-0.25, -0.2) is 0 Å². The van der Waals surface area contributed by atoms with Crippen molar-refractivity contribution in [3.05, 3.63) is 24.3 Å². The Kier molecular flexibility index (Phi) is 6.22. The van der Waals surface area contributed by atoms with Gasteiger partial charge in [-0.1, -0.05) is 18.5 Å². The lowest BCUT2D eigenvalue weighted by molar-refractivity contribution is -0.121. The largest absolute Gasteiger partial charge is 0.461 e. The number of carbonyl (C=O) groups is 1. The average molecular weight is 346 g/mol. The Labute approximate surface area is 147 Å². The van der Waals surface area contributed by atoms with Crippen molar-refractivity contribution in [2.24, 2.45) is 0 Å². The number of hydrogen-bond donors (Lipinski definition) is 1. The van der Waals surface area contributed by atoms with Gasteiger partial charge < -0.3 is 14.3 Å². The number of aryl methyl sites for hydroxylation is 1. The van der Waals surface area contributed by atoms with Crippen LogP contribution in [0.4, 0.5) is 0 Å². The average Bonchev–Trinajstić information content (AvgIpc) is 3.32. The van der Waals surface area contributed by atoms with E-state index in [0.29, 0.717) is 42.9 Å². The smallest absolute Gasteiger partial charge is 0.238 e. The van der Waals surface area contributed by atoms with Crippen molar-refractivity contribution < 1.29 is 13.7 Å². The van der Waals surface area contributed by atoms with E-state index >= 15 is 0 Å². The molecule has 1 N–H and O–H groups in total. The van der Waals surface area contributed by atoms with Gasteiger partial charge in [0.15, 0.2) is 5.76 Å². The molecule has 0 unspecified atom stereocenters. The molecule has 0 radical (unpaired) electrons. The summed E-state index contributed by atoms with van der Waals surface area (Å²) < 4.78 is 10.4. The molecular formula is C18H26N4O3. The van der Waals surface area contributed by atoms with Crippen LogP contribution >= 0.6 is 0 Å². The molecule has 0 aromatic carbocycles. The molecule has 1 atom stereocenters. The number of nitrogens with one attached hydrogen (secondary N) is 1. The van der Waals surface area contributed by atoms with Gasteiger partial charge in [0.25, 0.3) is 0 Å². The molecule has 0 bridgehead atoms. The molecule has 7 heteroatoms. The second-order valence-electron chi connectivity index (χ2n) is 6.43. The van der Waals surface area contributed by atoms with E-state index in [4.69, 9.17) is 8.94 Å². The molecule has 1 aliphatic rings. The van der Waals surface area contributed by atoms with E-state index in [1.54, 1.807) is 18.4 Å². The van der Waals surface area contributed by atoms with Crippen LogP contribution in [0.15, 0.2) is 27.3 Å². The molecule has 1 saturated heterocycles. The van der Waals surface area contributed by atoms with E-state index in [9.17, 15) is 4.79 Å². The van der Waals surface area contributed by atoms with E-state index in [1.807, 2.05) is 0 Å². The van der Waals surface area contributed by atoms with Crippen molar-refractivity contribution >= 4 is 5.91 Å². The summed E-state index contributed by atoms with van der Waals surface area (Å²) in [5, 5.41) is 6.85. The maximum atomic E-state index is 12.0. The predicted molar refractivity (Wildman–Crippen MR) is 92.8 cm³/mol. The van der Waals surface area contributed by atoms with Crippen LogP contribution in [0.5, 0.6) is 0 Å². The van der Waals surface area contributed by atoms with Gasteiger partial charge in [-0.3, -0.25) is 9.69 Å². The molecule has 2 aromatic heterocycles. The summed E-state index contributed by atoms with van der Waals surface area (Å²) in [5.41, 5.74) is 0. The van der Waals surface area contributed by atoms with Crippen molar-refractivity contribution in [1.82, 2.24) is 20.4 Å². The van der Waals surface area contributed by atoms with Gasteiger partial charge in [0, 0.05) is 32.0 Å². The molecule has 2 aromatic rings. The molecule has 1 amide bonds. The number of aromatic nitrogens is 2. The SMILES string of the molecule is CC[C@@H]1CCCCN1CCNC(=O)CCc1nc(-c2ccco2)no1. The number of hydrogen-bond acceptors (Lipinski definition) is 6. The third kappa shape index (κ3) is 4.92. The van der Waals surface area contributed by atoms with Gasteiger partial charge in [-0.15, -0.1) is 0 Å². The van der Waals surface area contributed by atoms with Crippen LogP contribution in [0, 0.1) is 0 Å². The van der Waals surface area contributed by atoms with Gasteiger partial charge in [-0.2, -0.15) is 4.98 Å². The first-order chi connectivity index (χ1) is 12.3. The van der Waals surface area contributed by atoms with Crippen molar-refractivity contribution in [2.45, 2.75) is 51.5 Å². The lowest BCUT2D eigenvalue weighted by Gasteiger charge is -2.35. The molecule has 3 heterocycles. The lowest BCUT2D eigenvalue weighted by atomic mass is 10.0.